The van der Waals surface area contributed by atoms with E-state index < -0.39 is 0 Å². The second kappa shape index (κ2) is 8.89. The zero-order valence-electron chi connectivity index (χ0n) is 18.2. The molecule has 0 bridgehead atoms. The van der Waals surface area contributed by atoms with Crippen LogP contribution in [0, 0.1) is 13.8 Å². The summed E-state index contributed by atoms with van der Waals surface area (Å²) in [6.07, 6.45) is 2.84. The van der Waals surface area contributed by atoms with Crippen molar-refractivity contribution in [2.24, 2.45) is 0 Å². The lowest BCUT2D eigenvalue weighted by Gasteiger charge is -2.28. The van der Waals surface area contributed by atoms with Crippen LogP contribution in [0.2, 0.25) is 5.02 Å². The van der Waals surface area contributed by atoms with E-state index in [1.165, 1.54) is 5.56 Å². The van der Waals surface area contributed by atoms with Crippen molar-refractivity contribution in [3.63, 3.8) is 0 Å². The monoisotopic (exact) mass is 454 g/mol. The molecule has 0 amide bonds. The van der Waals surface area contributed by atoms with E-state index in [0.717, 1.165) is 46.6 Å². The van der Waals surface area contributed by atoms with Gasteiger partial charge in [0.25, 0.3) is 0 Å². The summed E-state index contributed by atoms with van der Waals surface area (Å²) in [7, 11) is 1.68. The van der Waals surface area contributed by atoms with Crippen molar-refractivity contribution < 1.29 is 4.74 Å². The number of ether oxygens (including phenoxy) is 1. The Morgan fingerprint density at radius 1 is 1.19 bits per heavy atom. The van der Waals surface area contributed by atoms with Gasteiger partial charge in [-0.05, 0) is 74.4 Å². The number of rotatable bonds is 6. The molecular weight excluding hydrogens is 428 g/mol. The zero-order chi connectivity index (χ0) is 22.1. The van der Waals surface area contributed by atoms with Crippen molar-refractivity contribution in [2.75, 3.05) is 13.7 Å². The molecule has 1 aliphatic rings. The highest BCUT2D eigenvalue weighted by Crippen LogP contribution is 2.42. The second-order valence-corrected chi connectivity index (χ2v) is 8.62. The smallest absolute Gasteiger partial charge is 0.170 e. The molecule has 2 atom stereocenters. The molecule has 1 fully saturated rings. The van der Waals surface area contributed by atoms with Crippen LogP contribution in [0.3, 0.4) is 0 Å². The van der Waals surface area contributed by atoms with Crippen molar-refractivity contribution in [3.05, 3.63) is 76.3 Å². The van der Waals surface area contributed by atoms with E-state index in [4.69, 9.17) is 28.6 Å². The third-order valence-electron chi connectivity index (χ3n) is 5.83. The summed E-state index contributed by atoms with van der Waals surface area (Å²) in [6, 6.07) is 14.0. The van der Waals surface area contributed by atoms with Gasteiger partial charge in [0.2, 0.25) is 0 Å². The molecule has 0 radical (unpaired) electrons. The third kappa shape index (κ3) is 3.90. The number of pyridine rings is 1. The van der Waals surface area contributed by atoms with Gasteiger partial charge in [-0.1, -0.05) is 24.6 Å². The minimum atomic E-state index is -0.0181. The Bertz CT molecular complexity index is 1100. The number of aromatic nitrogens is 2. The molecule has 31 heavy (non-hydrogen) atoms. The average Bonchev–Trinajstić information content (AvgIpc) is 3.24. The molecule has 5 nitrogen and oxygen atoms in total. The van der Waals surface area contributed by atoms with Gasteiger partial charge in [0.05, 0.1) is 30.6 Å². The van der Waals surface area contributed by atoms with Crippen molar-refractivity contribution in [1.82, 2.24) is 19.8 Å². The number of thiocarbonyl (C=S) groups is 1. The lowest BCUT2D eigenvalue weighted by atomic mass is 9.96. The van der Waals surface area contributed by atoms with Crippen molar-refractivity contribution in [1.29, 1.82) is 0 Å². The van der Waals surface area contributed by atoms with Crippen LogP contribution in [0.15, 0.2) is 48.7 Å². The summed E-state index contributed by atoms with van der Waals surface area (Å²) >= 11 is 12.1. The fourth-order valence-corrected chi connectivity index (χ4v) is 5.02. The van der Waals surface area contributed by atoms with Crippen molar-refractivity contribution in [3.8, 4) is 11.4 Å². The molecule has 4 rings (SSSR count). The summed E-state index contributed by atoms with van der Waals surface area (Å²) < 4.78 is 7.84. The topological polar surface area (TPSA) is 42.3 Å². The second-order valence-electron chi connectivity index (χ2n) is 7.80. The van der Waals surface area contributed by atoms with Crippen LogP contribution in [0.25, 0.3) is 5.69 Å². The summed E-state index contributed by atoms with van der Waals surface area (Å²) in [4.78, 5) is 6.92. The first-order valence-electron chi connectivity index (χ1n) is 10.5. The Balaban J connectivity index is 1.87. The summed E-state index contributed by atoms with van der Waals surface area (Å²) in [6.45, 7) is 7.30. The molecular formula is C24H27ClN4OS. The normalized spacial score (nSPS) is 18.4. The van der Waals surface area contributed by atoms with Gasteiger partial charge in [-0.15, -0.1) is 0 Å². The molecule has 3 heterocycles. The highest BCUT2D eigenvalue weighted by Gasteiger charge is 2.41. The summed E-state index contributed by atoms with van der Waals surface area (Å²) in [5.41, 5.74) is 5.38. The number of nitrogens with zero attached hydrogens (tertiary/aromatic N) is 3. The molecule has 7 heteroatoms. The van der Waals surface area contributed by atoms with E-state index in [2.05, 4.69) is 52.7 Å². The average molecular weight is 455 g/mol. The van der Waals surface area contributed by atoms with Gasteiger partial charge in [0.15, 0.2) is 5.11 Å². The Labute approximate surface area is 194 Å². The van der Waals surface area contributed by atoms with Crippen LogP contribution in [0.5, 0.6) is 5.75 Å². The van der Waals surface area contributed by atoms with Crippen molar-refractivity contribution in [2.45, 2.75) is 39.3 Å². The lowest BCUT2D eigenvalue weighted by Crippen LogP contribution is -2.30. The van der Waals surface area contributed by atoms with Gasteiger partial charge in [0, 0.05) is 29.2 Å². The number of methoxy groups -OCH3 is 1. The molecule has 0 saturated carbocycles. The van der Waals surface area contributed by atoms with Crippen LogP contribution in [0.4, 0.5) is 0 Å². The van der Waals surface area contributed by atoms with Gasteiger partial charge in [-0.3, -0.25) is 4.98 Å². The molecule has 1 aromatic carbocycles. The van der Waals surface area contributed by atoms with E-state index in [1.54, 1.807) is 7.11 Å². The number of hydrogen-bond acceptors (Lipinski definition) is 3. The highest BCUT2D eigenvalue weighted by atomic mass is 35.5. The zero-order valence-corrected chi connectivity index (χ0v) is 19.8. The van der Waals surface area contributed by atoms with Crippen LogP contribution in [-0.4, -0.2) is 33.2 Å². The Morgan fingerprint density at radius 2 is 2.00 bits per heavy atom. The van der Waals surface area contributed by atoms with Gasteiger partial charge in [-0.25, -0.2) is 0 Å². The first-order chi connectivity index (χ1) is 15.0. The third-order valence-corrected chi connectivity index (χ3v) is 6.42. The predicted molar refractivity (Wildman–Crippen MR) is 129 cm³/mol. The maximum atomic E-state index is 6.34. The van der Waals surface area contributed by atoms with E-state index in [0.29, 0.717) is 5.02 Å². The van der Waals surface area contributed by atoms with Gasteiger partial charge >= 0.3 is 0 Å². The SMILES string of the molecule is CCCN1C(=S)N[C@H](c2ccccn2)[C@H]1c1cc(C)n(-c2cc(Cl)ccc2OC)c1C. The number of aryl methyl sites for hydroxylation is 1. The first-order valence-corrected chi connectivity index (χ1v) is 11.3. The number of hydrogen-bond donors (Lipinski definition) is 1. The number of benzene rings is 1. The number of nitrogens with one attached hydrogen (secondary N) is 1. The maximum Gasteiger partial charge on any atom is 0.170 e. The number of halogens is 1. The maximum absolute atomic E-state index is 6.34. The first kappa shape index (κ1) is 21.7. The van der Waals surface area contributed by atoms with Crippen LogP contribution >= 0.6 is 23.8 Å². The predicted octanol–water partition coefficient (Wildman–Crippen LogP) is 5.53. The minimum Gasteiger partial charge on any atom is -0.495 e. The van der Waals surface area contributed by atoms with Crippen molar-refractivity contribution >= 4 is 28.9 Å². The van der Waals surface area contributed by atoms with Gasteiger partial charge in [0.1, 0.15) is 5.75 Å². The van der Waals surface area contributed by atoms with E-state index in [-0.39, 0.29) is 12.1 Å². The minimum absolute atomic E-state index is 0.0181. The molecule has 1 aliphatic heterocycles. The quantitative estimate of drug-likeness (QED) is 0.496. The largest absolute Gasteiger partial charge is 0.495 e. The van der Waals surface area contributed by atoms with E-state index in [1.807, 2.05) is 36.5 Å². The Kier molecular flexibility index (Phi) is 6.21. The molecule has 0 spiro atoms. The van der Waals surface area contributed by atoms with Gasteiger partial charge < -0.3 is 19.5 Å². The van der Waals surface area contributed by atoms with Crippen LogP contribution in [0.1, 0.15) is 48.1 Å². The van der Waals surface area contributed by atoms with E-state index >= 15 is 0 Å². The molecule has 162 valence electrons. The van der Waals surface area contributed by atoms with Crippen LogP contribution in [-0.2, 0) is 0 Å². The molecule has 3 aromatic rings. The summed E-state index contributed by atoms with van der Waals surface area (Å²) in [5, 5.41) is 4.97. The van der Waals surface area contributed by atoms with Gasteiger partial charge in [-0.2, -0.15) is 0 Å². The lowest BCUT2D eigenvalue weighted by molar-refractivity contribution is 0.316. The van der Waals surface area contributed by atoms with Crippen LogP contribution < -0.4 is 10.1 Å². The fraction of sp³-hybridized carbons (Fsp3) is 0.333. The molecule has 1 N–H and O–H groups in total. The fourth-order valence-electron chi connectivity index (χ4n) is 4.52. The van der Waals surface area contributed by atoms with E-state index in [9.17, 15) is 0 Å². The highest BCUT2D eigenvalue weighted by molar-refractivity contribution is 7.80. The summed E-state index contributed by atoms with van der Waals surface area (Å²) in [5.74, 6) is 0.782. The molecule has 0 aliphatic carbocycles. The molecule has 2 aromatic heterocycles. The molecule has 0 unspecified atom stereocenters. The Morgan fingerprint density at radius 3 is 2.68 bits per heavy atom. The standard InChI is InChI=1S/C24H27ClN4OS/c1-5-12-28-23(22(27-24(28)31)19-8-6-7-11-26-19)18-13-15(2)29(16(18)3)20-14-17(25)9-10-21(20)30-4/h6-11,13-14,22-23H,5,12H2,1-4H3,(H,27,31)/t22-,23-/m1/s1. The Hall–Kier alpha value is -2.57. The molecule has 1 saturated heterocycles.